The number of aliphatic carboxylic acids is 1. The average molecular weight is 239 g/mol. The summed E-state index contributed by atoms with van der Waals surface area (Å²) in [4.78, 5) is 21.3. The minimum absolute atomic E-state index is 0.479. The highest BCUT2D eigenvalue weighted by molar-refractivity contribution is 7.99. The van der Waals surface area contributed by atoms with E-state index in [1.165, 1.54) is 0 Å². The monoisotopic (exact) mass is 239 g/mol. The first kappa shape index (κ1) is 11.2. The number of thioether (sulfide) groups is 1. The molecule has 1 aromatic rings. The first-order valence-corrected chi connectivity index (χ1v) is 6.21. The number of aryl methyl sites for hydroxylation is 1. The number of anilines is 1. The van der Waals surface area contributed by atoms with Crippen molar-refractivity contribution in [3.8, 4) is 0 Å². The van der Waals surface area contributed by atoms with Crippen molar-refractivity contribution in [3.63, 3.8) is 0 Å². The van der Waals surface area contributed by atoms with Gasteiger partial charge in [-0.25, -0.2) is 14.8 Å². The van der Waals surface area contributed by atoms with Crippen LogP contribution in [0.5, 0.6) is 0 Å². The summed E-state index contributed by atoms with van der Waals surface area (Å²) in [5.74, 6) is 2.13. The Morgan fingerprint density at radius 2 is 2.50 bits per heavy atom. The van der Waals surface area contributed by atoms with Crippen molar-refractivity contribution < 1.29 is 9.90 Å². The summed E-state index contributed by atoms with van der Waals surface area (Å²) in [6, 6.07) is 1.28. The van der Waals surface area contributed by atoms with Gasteiger partial charge < -0.3 is 10.0 Å². The van der Waals surface area contributed by atoms with Crippen LogP contribution in [0.25, 0.3) is 0 Å². The fourth-order valence-corrected chi connectivity index (χ4v) is 2.72. The maximum Gasteiger partial charge on any atom is 0.327 e. The van der Waals surface area contributed by atoms with Crippen LogP contribution in [0.2, 0.25) is 0 Å². The van der Waals surface area contributed by atoms with Crippen molar-refractivity contribution in [3.05, 3.63) is 18.1 Å². The molecule has 0 spiro atoms. The smallest absolute Gasteiger partial charge is 0.327 e. The molecule has 0 saturated carbocycles. The molecule has 1 fully saturated rings. The molecule has 6 heteroatoms. The summed E-state index contributed by atoms with van der Waals surface area (Å²) in [6.45, 7) is 2.52. The fourth-order valence-electron chi connectivity index (χ4n) is 1.69. The van der Waals surface area contributed by atoms with Gasteiger partial charge in [0.25, 0.3) is 0 Å². The summed E-state index contributed by atoms with van der Waals surface area (Å²) >= 11 is 1.67. The van der Waals surface area contributed by atoms with E-state index >= 15 is 0 Å². The molecule has 86 valence electrons. The van der Waals surface area contributed by atoms with E-state index in [9.17, 15) is 4.79 Å². The van der Waals surface area contributed by atoms with Gasteiger partial charge in [-0.1, -0.05) is 0 Å². The van der Waals surface area contributed by atoms with E-state index in [0.717, 1.165) is 12.3 Å². The molecular formula is C10H13N3O2S. The molecule has 1 aliphatic rings. The Balaban J connectivity index is 2.26. The number of aromatic nitrogens is 2. The van der Waals surface area contributed by atoms with Crippen LogP contribution in [-0.2, 0) is 4.79 Å². The Morgan fingerprint density at radius 1 is 1.69 bits per heavy atom. The van der Waals surface area contributed by atoms with Crippen molar-refractivity contribution in [1.82, 2.24) is 9.97 Å². The molecule has 2 heterocycles. The quantitative estimate of drug-likeness (QED) is 0.823. The summed E-state index contributed by atoms with van der Waals surface area (Å²) in [5, 5.41) is 9.14. The maximum absolute atomic E-state index is 11.1. The lowest BCUT2D eigenvalue weighted by atomic mass is 10.2. The molecule has 0 radical (unpaired) electrons. The number of hydrogen-bond acceptors (Lipinski definition) is 5. The van der Waals surface area contributed by atoms with E-state index in [-0.39, 0.29) is 0 Å². The highest BCUT2D eigenvalue weighted by Crippen LogP contribution is 2.22. The minimum atomic E-state index is -0.788. The number of carbonyl (C=O) groups is 1. The van der Waals surface area contributed by atoms with Crippen LogP contribution in [0.4, 0.5) is 5.82 Å². The molecule has 1 atom stereocenters. The first-order valence-electron chi connectivity index (χ1n) is 5.05. The van der Waals surface area contributed by atoms with Crippen molar-refractivity contribution in [2.45, 2.75) is 13.0 Å². The lowest BCUT2D eigenvalue weighted by Gasteiger charge is -2.33. The van der Waals surface area contributed by atoms with Gasteiger partial charge in [0.1, 0.15) is 17.7 Å². The molecule has 5 nitrogen and oxygen atoms in total. The Kier molecular flexibility index (Phi) is 3.28. The van der Waals surface area contributed by atoms with E-state index < -0.39 is 12.0 Å². The van der Waals surface area contributed by atoms with Gasteiger partial charge in [0.15, 0.2) is 0 Å². The van der Waals surface area contributed by atoms with Crippen LogP contribution >= 0.6 is 11.8 Å². The van der Waals surface area contributed by atoms with Crippen LogP contribution in [0.3, 0.4) is 0 Å². The molecule has 1 N–H and O–H groups in total. The first-order chi connectivity index (χ1) is 7.68. The number of nitrogens with zero attached hydrogens (tertiary/aromatic N) is 3. The van der Waals surface area contributed by atoms with E-state index in [1.54, 1.807) is 30.9 Å². The van der Waals surface area contributed by atoms with Crippen LogP contribution < -0.4 is 4.90 Å². The van der Waals surface area contributed by atoms with Gasteiger partial charge in [0.2, 0.25) is 0 Å². The zero-order valence-corrected chi connectivity index (χ0v) is 9.78. The molecule has 1 aromatic heterocycles. The molecule has 0 aliphatic carbocycles. The summed E-state index contributed by atoms with van der Waals surface area (Å²) in [5.41, 5.74) is 0. The Bertz CT molecular complexity index is 399. The van der Waals surface area contributed by atoms with Crippen LogP contribution in [0, 0.1) is 6.92 Å². The largest absolute Gasteiger partial charge is 0.480 e. The fraction of sp³-hybridized carbons (Fsp3) is 0.500. The Morgan fingerprint density at radius 3 is 3.19 bits per heavy atom. The van der Waals surface area contributed by atoms with Crippen molar-refractivity contribution >= 4 is 23.5 Å². The molecule has 16 heavy (non-hydrogen) atoms. The van der Waals surface area contributed by atoms with Gasteiger partial charge >= 0.3 is 5.97 Å². The van der Waals surface area contributed by atoms with Gasteiger partial charge in [-0.3, -0.25) is 0 Å². The van der Waals surface area contributed by atoms with E-state index in [2.05, 4.69) is 9.97 Å². The summed E-state index contributed by atoms with van der Waals surface area (Å²) in [6.07, 6.45) is 1.67. The Labute approximate surface area is 97.9 Å². The predicted molar refractivity (Wildman–Crippen MR) is 62.9 cm³/mol. The topological polar surface area (TPSA) is 66.3 Å². The molecule has 0 amide bonds. The number of carboxylic acids is 1. The van der Waals surface area contributed by atoms with Crippen molar-refractivity contribution in [2.24, 2.45) is 0 Å². The third-order valence-corrected chi connectivity index (χ3v) is 3.49. The van der Waals surface area contributed by atoms with E-state index in [0.29, 0.717) is 17.4 Å². The molecule has 0 bridgehead atoms. The number of hydrogen-bond donors (Lipinski definition) is 1. The van der Waals surface area contributed by atoms with Gasteiger partial charge in [-0.2, -0.15) is 11.8 Å². The standard InChI is InChI=1S/C10H13N3O2S/c1-7-11-3-2-9(12-7)13-4-5-16-6-8(13)10(14)15/h2-3,8H,4-6H2,1H3,(H,14,15). The summed E-state index contributed by atoms with van der Waals surface area (Å²) < 4.78 is 0. The second-order valence-electron chi connectivity index (χ2n) is 3.58. The molecule has 1 aliphatic heterocycles. The van der Waals surface area contributed by atoms with Crippen LogP contribution in [-0.4, -0.2) is 45.1 Å². The van der Waals surface area contributed by atoms with Gasteiger partial charge in [0.05, 0.1) is 0 Å². The van der Waals surface area contributed by atoms with Gasteiger partial charge in [-0.15, -0.1) is 0 Å². The predicted octanol–water partition coefficient (Wildman–Crippen LogP) is 0.791. The molecular weight excluding hydrogens is 226 g/mol. The van der Waals surface area contributed by atoms with Gasteiger partial charge in [0, 0.05) is 24.2 Å². The second kappa shape index (κ2) is 4.69. The molecule has 1 saturated heterocycles. The third-order valence-electron chi connectivity index (χ3n) is 2.47. The zero-order valence-electron chi connectivity index (χ0n) is 8.96. The lowest BCUT2D eigenvalue weighted by Crippen LogP contribution is -2.47. The maximum atomic E-state index is 11.1. The van der Waals surface area contributed by atoms with Crippen LogP contribution in [0.15, 0.2) is 12.3 Å². The highest BCUT2D eigenvalue weighted by Gasteiger charge is 2.29. The molecule has 2 rings (SSSR count). The second-order valence-corrected chi connectivity index (χ2v) is 4.73. The van der Waals surface area contributed by atoms with Crippen molar-refractivity contribution in [1.29, 1.82) is 0 Å². The van der Waals surface area contributed by atoms with Crippen molar-refractivity contribution in [2.75, 3.05) is 23.0 Å². The zero-order chi connectivity index (χ0) is 11.5. The Hall–Kier alpha value is -1.30. The van der Waals surface area contributed by atoms with Gasteiger partial charge in [-0.05, 0) is 13.0 Å². The number of rotatable bonds is 2. The SMILES string of the molecule is Cc1nccc(N2CCSCC2C(=O)O)n1. The molecule has 1 unspecified atom stereocenters. The summed E-state index contributed by atoms with van der Waals surface area (Å²) in [7, 11) is 0. The normalized spacial score (nSPS) is 20.8. The third kappa shape index (κ3) is 2.27. The minimum Gasteiger partial charge on any atom is -0.480 e. The van der Waals surface area contributed by atoms with E-state index in [4.69, 9.17) is 5.11 Å². The lowest BCUT2D eigenvalue weighted by molar-refractivity contribution is -0.138. The van der Waals surface area contributed by atoms with Crippen LogP contribution in [0.1, 0.15) is 5.82 Å². The average Bonchev–Trinajstić information content (AvgIpc) is 2.29. The molecule has 0 aromatic carbocycles. The van der Waals surface area contributed by atoms with E-state index in [1.807, 2.05) is 4.90 Å². The highest BCUT2D eigenvalue weighted by atomic mass is 32.2. The number of carboxylic acid groups (broad SMARTS) is 1.